The van der Waals surface area contributed by atoms with Crippen LogP contribution in [-0.2, 0) is 0 Å². The molecule has 0 unspecified atom stereocenters. The minimum atomic E-state index is -0.845. The van der Waals surface area contributed by atoms with Crippen LogP contribution in [0.25, 0.3) is 0 Å². The van der Waals surface area contributed by atoms with Crippen molar-refractivity contribution >= 4 is 39.9 Å². The zero-order valence-corrected chi connectivity index (χ0v) is 7.27. The van der Waals surface area contributed by atoms with Gasteiger partial charge in [0.15, 0.2) is 0 Å². The molecule has 1 heterocycles. The summed E-state index contributed by atoms with van der Waals surface area (Å²) in [5, 5.41) is 8.41. The highest BCUT2D eigenvalue weighted by molar-refractivity contribution is 14.1. The van der Waals surface area contributed by atoms with Crippen LogP contribution in [0.3, 0.4) is 0 Å². The molecule has 0 aromatic carbocycles. The van der Waals surface area contributed by atoms with Crippen molar-refractivity contribution in [1.29, 1.82) is 0 Å². The summed E-state index contributed by atoms with van der Waals surface area (Å²) in [6, 6.07) is 3.39. The first-order valence-electron chi connectivity index (χ1n) is 2.19. The van der Waals surface area contributed by atoms with Crippen molar-refractivity contribution in [3.05, 3.63) is 19.9 Å². The molecule has 0 aliphatic heterocycles. The van der Waals surface area contributed by atoms with Gasteiger partial charge in [0.25, 0.3) is 0 Å². The van der Waals surface area contributed by atoms with E-state index in [9.17, 15) is 4.79 Å². The quantitative estimate of drug-likeness (QED) is 0.779. The molecule has 0 radical (unpaired) electrons. The number of carbonyl (C=O) groups is 1. The van der Waals surface area contributed by atoms with E-state index >= 15 is 0 Å². The molecule has 0 aliphatic rings. The monoisotopic (exact) mass is 254 g/mol. The van der Waals surface area contributed by atoms with Gasteiger partial charge in [-0.25, -0.2) is 4.79 Å². The number of hydrogen-bond acceptors (Lipinski definition) is 2. The second-order valence-electron chi connectivity index (χ2n) is 1.41. The minimum Gasteiger partial charge on any atom is -0.477 e. The lowest BCUT2D eigenvalue weighted by Gasteiger charge is -1.79. The zero-order valence-electron chi connectivity index (χ0n) is 4.30. The van der Waals surface area contributed by atoms with Gasteiger partial charge in [-0.15, -0.1) is 11.3 Å². The highest BCUT2D eigenvalue weighted by Gasteiger charge is 2.03. The molecular formula is C5H3IO2S. The lowest BCUT2D eigenvalue weighted by molar-refractivity contribution is 0.0702. The van der Waals surface area contributed by atoms with Gasteiger partial charge in [0, 0.05) is 0 Å². The van der Waals surface area contributed by atoms with Crippen LogP contribution in [0.1, 0.15) is 9.67 Å². The Balaban J connectivity index is 2.98. The topological polar surface area (TPSA) is 37.3 Å². The maximum absolute atomic E-state index is 10.2. The van der Waals surface area contributed by atoms with Crippen LogP contribution in [0.2, 0.25) is 0 Å². The van der Waals surface area contributed by atoms with E-state index in [2.05, 4.69) is 22.6 Å². The summed E-state index contributed by atoms with van der Waals surface area (Å²) in [6.07, 6.45) is 0. The maximum atomic E-state index is 10.2. The third-order valence-corrected chi connectivity index (χ3v) is 2.67. The summed E-state index contributed by atoms with van der Waals surface area (Å²) >= 11 is 3.37. The number of thiophene rings is 1. The number of hydrogen-bond donors (Lipinski definition) is 1. The molecule has 0 saturated carbocycles. The van der Waals surface area contributed by atoms with Crippen molar-refractivity contribution in [3.63, 3.8) is 0 Å². The van der Waals surface area contributed by atoms with Gasteiger partial charge in [-0.1, -0.05) is 0 Å². The van der Waals surface area contributed by atoms with E-state index in [1.165, 1.54) is 11.3 Å². The van der Waals surface area contributed by atoms with Crippen molar-refractivity contribution in [2.75, 3.05) is 0 Å². The van der Waals surface area contributed by atoms with Gasteiger partial charge in [0.1, 0.15) is 4.88 Å². The highest BCUT2D eigenvalue weighted by atomic mass is 127. The van der Waals surface area contributed by atoms with Gasteiger partial charge >= 0.3 is 5.97 Å². The third-order valence-electron chi connectivity index (χ3n) is 0.784. The van der Waals surface area contributed by atoms with Crippen LogP contribution in [0.15, 0.2) is 12.1 Å². The van der Waals surface area contributed by atoms with E-state index in [0.717, 1.165) is 2.88 Å². The van der Waals surface area contributed by atoms with Crippen LogP contribution in [0.5, 0.6) is 0 Å². The molecule has 48 valence electrons. The van der Waals surface area contributed by atoms with E-state index in [1.807, 2.05) is 0 Å². The first-order chi connectivity index (χ1) is 4.20. The summed E-state index contributed by atoms with van der Waals surface area (Å²) in [4.78, 5) is 10.6. The third kappa shape index (κ3) is 1.65. The van der Waals surface area contributed by atoms with Crippen molar-refractivity contribution in [2.45, 2.75) is 0 Å². The second-order valence-corrected chi connectivity index (χ2v) is 4.39. The fourth-order valence-corrected chi connectivity index (χ4v) is 1.89. The average Bonchev–Trinajstić information content (AvgIpc) is 2.14. The fraction of sp³-hybridized carbons (Fsp3) is 0. The molecule has 2 nitrogen and oxygen atoms in total. The van der Waals surface area contributed by atoms with Gasteiger partial charge < -0.3 is 5.11 Å². The van der Waals surface area contributed by atoms with Gasteiger partial charge in [0.2, 0.25) is 0 Å². The Bertz CT molecular complexity index is 231. The maximum Gasteiger partial charge on any atom is 0.345 e. The van der Waals surface area contributed by atoms with Crippen LogP contribution in [0, 0.1) is 2.88 Å². The van der Waals surface area contributed by atoms with Gasteiger partial charge in [-0.05, 0) is 34.7 Å². The molecule has 0 spiro atoms. The molecule has 0 atom stereocenters. The van der Waals surface area contributed by atoms with Crippen molar-refractivity contribution in [2.24, 2.45) is 0 Å². The Kier molecular flexibility index (Phi) is 2.07. The molecule has 1 N–H and O–H groups in total. The first kappa shape index (κ1) is 7.01. The molecule has 9 heavy (non-hydrogen) atoms. The Morgan fingerprint density at radius 2 is 2.33 bits per heavy atom. The van der Waals surface area contributed by atoms with E-state index < -0.39 is 5.97 Å². The molecule has 1 aromatic heterocycles. The Hall–Kier alpha value is -0.100. The van der Waals surface area contributed by atoms with E-state index in [-0.39, 0.29) is 0 Å². The summed E-state index contributed by atoms with van der Waals surface area (Å²) in [6.45, 7) is 0. The summed E-state index contributed by atoms with van der Waals surface area (Å²) in [5.74, 6) is -0.845. The van der Waals surface area contributed by atoms with Gasteiger partial charge in [-0.2, -0.15) is 0 Å². The second kappa shape index (κ2) is 2.66. The largest absolute Gasteiger partial charge is 0.477 e. The number of halogens is 1. The van der Waals surface area contributed by atoms with Crippen LogP contribution >= 0.6 is 33.9 Å². The zero-order chi connectivity index (χ0) is 6.85. The molecule has 0 amide bonds. The lowest BCUT2D eigenvalue weighted by atomic mass is 10.5. The van der Waals surface area contributed by atoms with Gasteiger partial charge in [0.05, 0.1) is 2.88 Å². The Morgan fingerprint density at radius 3 is 2.56 bits per heavy atom. The van der Waals surface area contributed by atoms with E-state index in [1.54, 1.807) is 12.1 Å². The van der Waals surface area contributed by atoms with Crippen molar-refractivity contribution < 1.29 is 9.90 Å². The molecule has 0 bridgehead atoms. The first-order valence-corrected chi connectivity index (χ1v) is 4.08. The number of rotatable bonds is 1. The summed E-state index contributed by atoms with van der Waals surface area (Å²) in [5.41, 5.74) is 0. The van der Waals surface area contributed by atoms with Crippen molar-refractivity contribution in [1.82, 2.24) is 0 Å². The molecule has 0 saturated heterocycles. The smallest absolute Gasteiger partial charge is 0.345 e. The fourth-order valence-electron chi connectivity index (χ4n) is 0.429. The van der Waals surface area contributed by atoms with Crippen LogP contribution < -0.4 is 0 Å². The summed E-state index contributed by atoms with van der Waals surface area (Å²) < 4.78 is 1.00. The number of carboxylic acids is 1. The molecule has 1 aromatic rings. The Morgan fingerprint density at radius 1 is 1.67 bits per heavy atom. The number of carboxylic acid groups (broad SMARTS) is 1. The van der Waals surface area contributed by atoms with Gasteiger partial charge in [-0.3, -0.25) is 0 Å². The van der Waals surface area contributed by atoms with Crippen LogP contribution in [-0.4, -0.2) is 11.1 Å². The normalized spacial score (nSPS) is 9.44. The standard InChI is InChI=1S/C5H3IO2S/c6-4-2-1-3(9-4)5(7)8/h1-2H,(H,7,8). The number of aromatic carboxylic acids is 1. The SMILES string of the molecule is O=C(O)c1ccc(I)s1. The van der Waals surface area contributed by atoms with Crippen LogP contribution in [0.4, 0.5) is 0 Å². The minimum absolute atomic E-state index is 0.402. The van der Waals surface area contributed by atoms with E-state index in [4.69, 9.17) is 5.11 Å². The predicted molar refractivity (Wildman–Crippen MR) is 44.0 cm³/mol. The molecule has 4 heteroatoms. The molecular weight excluding hydrogens is 251 g/mol. The predicted octanol–water partition coefficient (Wildman–Crippen LogP) is 2.05. The molecule has 0 fully saturated rings. The summed E-state index contributed by atoms with van der Waals surface area (Å²) in [7, 11) is 0. The highest BCUT2D eigenvalue weighted by Crippen LogP contribution is 2.17. The lowest BCUT2D eigenvalue weighted by Crippen LogP contribution is -1.89. The Labute approximate surface area is 69.7 Å². The average molecular weight is 254 g/mol. The van der Waals surface area contributed by atoms with E-state index in [0.29, 0.717) is 4.88 Å². The molecule has 0 aliphatic carbocycles. The molecule has 1 rings (SSSR count). The van der Waals surface area contributed by atoms with Crippen molar-refractivity contribution in [3.8, 4) is 0 Å².